The molecule has 0 amide bonds. The number of hydrogen-bond acceptors (Lipinski definition) is 4. The molecule has 2 heterocycles. The van der Waals surface area contributed by atoms with Crippen LogP contribution >= 0.6 is 11.6 Å². The fourth-order valence-corrected chi connectivity index (χ4v) is 2.78. The Bertz CT molecular complexity index is 609. The fraction of sp³-hybridized carbons (Fsp3) is 0.375. The highest BCUT2D eigenvalue weighted by Crippen LogP contribution is 2.26. The third-order valence-electron chi connectivity index (χ3n) is 3.75. The number of aromatic nitrogens is 2. The minimum Gasteiger partial charge on any atom is -0.497 e. The summed E-state index contributed by atoms with van der Waals surface area (Å²) >= 11 is 6.10. The van der Waals surface area contributed by atoms with Crippen molar-refractivity contribution in [3.05, 3.63) is 35.6 Å². The van der Waals surface area contributed by atoms with Crippen molar-refractivity contribution in [1.82, 2.24) is 9.97 Å². The zero-order valence-corrected chi connectivity index (χ0v) is 12.8. The zero-order valence-electron chi connectivity index (χ0n) is 12.1. The number of piperidine rings is 1. The van der Waals surface area contributed by atoms with Crippen LogP contribution in [0.4, 0.5) is 5.82 Å². The van der Waals surface area contributed by atoms with Crippen LogP contribution in [-0.4, -0.2) is 30.2 Å². The number of nitrogens with zero attached hydrogens (tertiary/aromatic N) is 3. The second kappa shape index (κ2) is 6.31. The maximum Gasteiger partial charge on any atom is 0.224 e. The lowest BCUT2D eigenvalue weighted by atomic mass is 10.1. The van der Waals surface area contributed by atoms with Gasteiger partial charge in [-0.15, -0.1) is 0 Å². The van der Waals surface area contributed by atoms with Crippen LogP contribution in [0.25, 0.3) is 11.3 Å². The molecule has 1 aliphatic rings. The molecule has 21 heavy (non-hydrogen) atoms. The molecule has 0 aliphatic carbocycles. The largest absolute Gasteiger partial charge is 0.497 e. The summed E-state index contributed by atoms with van der Waals surface area (Å²) in [4.78, 5) is 11.0. The summed E-state index contributed by atoms with van der Waals surface area (Å²) in [6.45, 7) is 2.07. The number of hydrogen-bond donors (Lipinski definition) is 0. The van der Waals surface area contributed by atoms with E-state index < -0.39 is 0 Å². The summed E-state index contributed by atoms with van der Waals surface area (Å²) in [5, 5.41) is 0.295. The molecule has 0 atom stereocenters. The van der Waals surface area contributed by atoms with Crippen molar-refractivity contribution in [1.29, 1.82) is 0 Å². The number of benzene rings is 1. The summed E-state index contributed by atoms with van der Waals surface area (Å²) in [6.07, 6.45) is 3.71. The fourth-order valence-electron chi connectivity index (χ4n) is 2.60. The molecule has 5 heteroatoms. The molecule has 1 fully saturated rings. The molecule has 0 radical (unpaired) electrons. The lowest BCUT2D eigenvalue weighted by Gasteiger charge is -2.27. The molecule has 3 rings (SSSR count). The standard InChI is InChI=1S/C16H18ClN3O/c1-21-13-7-5-12(6-8-13)14-11-15(19-16(17)18-14)20-9-3-2-4-10-20/h5-8,11H,2-4,9-10H2,1H3. The van der Waals surface area contributed by atoms with Gasteiger partial charge in [0.05, 0.1) is 12.8 Å². The van der Waals surface area contributed by atoms with Gasteiger partial charge in [0.25, 0.3) is 0 Å². The van der Waals surface area contributed by atoms with E-state index in [9.17, 15) is 0 Å². The third-order valence-corrected chi connectivity index (χ3v) is 3.92. The van der Waals surface area contributed by atoms with Crippen LogP contribution in [0.15, 0.2) is 30.3 Å². The van der Waals surface area contributed by atoms with Gasteiger partial charge in [0.2, 0.25) is 5.28 Å². The van der Waals surface area contributed by atoms with Gasteiger partial charge in [-0.1, -0.05) is 0 Å². The Morgan fingerprint density at radius 1 is 1.05 bits per heavy atom. The van der Waals surface area contributed by atoms with Crippen molar-refractivity contribution in [3.8, 4) is 17.0 Å². The van der Waals surface area contributed by atoms with E-state index in [1.165, 1.54) is 19.3 Å². The second-order valence-electron chi connectivity index (χ2n) is 5.16. The SMILES string of the molecule is COc1ccc(-c2cc(N3CCCCC3)nc(Cl)n2)cc1. The van der Waals surface area contributed by atoms with Crippen molar-refractivity contribution in [2.45, 2.75) is 19.3 Å². The molecule has 1 aromatic heterocycles. The Labute approximate surface area is 129 Å². The van der Waals surface area contributed by atoms with E-state index in [4.69, 9.17) is 16.3 Å². The van der Waals surface area contributed by atoms with Gasteiger partial charge in [0.1, 0.15) is 11.6 Å². The van der Waals surface area contributed by atoms with Gasteiger partial charge >= 0.3 is 0 Å². The number of anilines is 1. The Morgan fingerprint density at radius 2 is 1.76 bits per heavy atom. The van der Waals surface area contributed by atoms with Gasteiger partial charge in [-0.25, -0.2) is 9.97 Å². The van der Waals surface area contributed by atoms with Gasteiger partial charge in [0, 0.05) is 24.7 Å². The van der Waals surface area contributed by atoms with E-state index in [1.54, 1.807) is 7.11 Å². The Hall–Kier alpha value is -1.81. The van der Waals surface area contributed by atoms with E-state index in [-0.39, 0.29) is 0 Å². The first-order valence-electron chi connectivity index (χ1n) is 7.20. The normalized spacial score (nSPS) is 15.0. The Morgan fingerprint density at radius 3 is 2.43 bits per heavy atom. The van der Waals surface area contributed by atoms with Crippen LogP contribution in [0.3, 0.4) is 0 Å². The van der Waals surface area contributed by atoms with Crippen LogP contribution in [0.5, 0.6) is 5.75 Å². The van der Waals surface area contributed by atoms with E-state index in [1.807, 2.05) is 30.3 Å². The molecule has 0 bridgehead atoms. The highest BCUT2D eigenvalue weighted by molar-refractivity contribution is 6.28. The maximum absolute atomic E-state index is 6.10. The van der Waals surface area contributed by atoms with Gasteiger partial charge < -0.3 is 9.64 Å². The average molecular weight is 304 g/mol. The van der Waals surface area contributed by atoms with Crippen LogP contribution in [0, 0.1) is 0 Å². The quantitative estimate of drug-likeness (QED) is 0.809. The molecule has 4 nitrogen and oxygen atoms in total. The van der Waals surface area contributed by atoms with Crippen LogP contribution < -0.4 is 9.64 Å². The zero-order chi connectivity index (χ0) is 14.7. The lowest BCUT2D eigenvalue weighted by molar-refractivity contribution is 0.415. The van der Waals surface area contributed by atoms with Crippen LogP contribution in [0.1, 0.15) is 19.3 Å². The molecule has 0 N–H and O–H groups in total. The van der Waals surface area contributed by atoms with E-state index in [0.29, 0.717) is 5.28 Å². The predicted octanol–water partition coefficient (Wildman–Crippen LogP) is 3.80. The first-order chi connectivity index (χ1) is 10.3. The molecule has 1 saturated heterocycles. The van der Waals surface area contributed by atoms with Gasteiger partial charge in [-0.05, 0) is 55.1 Å². The first-order valence-corrected chi connectivity index (χ1v) is 7.58. The van der Waals surface area contributed by atoms with Crippen molar-refractivity contribution < 1.29 is 4.74 Å². The van der Waals surface area contributed by atoms with Crippen LogP contribution in [-0.2, 0) is 0 Å². The summed E-state index contributed by atoms with van der Waals surface area (Å²) < 4.78 is 5.18. The molecule has 2 aromatic rings. The molecule has 1 aliphatic heterocycles. The summed E-state index contributed by atoms with van der Waals surface area (Å²) in [7, 11) is 1.66. The highest BCUT2D eigenvalue weighted by Gasteiger charge is 2.14. The number of ether oxygens (including phenoxy) is 1. The molecule has 1 aromatic carbocycles. The van der Waals surface area contributed by atoms with E-state index in [2.05, 4.69) is 14.9 Å². The third kappa shape index (κ3) is 3.27. The number of methoxy groups -OCH3 is 1. The average Bonchev–Trinajstić information content (AvgIpc) is 2.55. The van der Waals surface area contributed by atoms with Crippen molar-refractivity contribution >= 4 is 17.4 Å². The molecular weight excluding hydrogens is 286 g/mol. The van der Waals surface area contributed by atoms with Gasteiger partial charge in [0.15, 0.2) is 0 Å². The monoisotopic (exact) mass is 303 g/mol. The maximum atomic E-state index is 6.10. The van der Waals surface area contributed by atoms with Gasteiger partial charge in [-0.2, -0.15) is 0 Å². The second-order valence-corrected chi connectivity index (χ2v) is 5.49. The molecule has 110 valence electrons. The van der Waals surface area contributed by atoms with Crippen molar-refractivity contribution in [3.63, 3.8) is 0 Å². The molecule has 0 unspecified atom stereocenters. The molecule has 0 saturated carbocycles. The van der Waals surface area contributed by atoms with Crippen LogP contribution in [0.2, 0.25) is 5.28 Å². The Balaban J connectivity index is 1.92. The van der Waals surface area contributed by atoms with E-state index in [0.717, 1.165) is 35.9 Å². The minimum absolute atomic E-state index is 0.295. The highest BCUT2D eigenvalue weighted by atomic mass is 35.5. The topological polar surface area (TPSA) is 38.2 Å². The minimum atomic E-state index is 0.295. The number of halogens is 1. The van der Waals surface area contributed by atoms with Crippen molar-refractivity contribution in [2.24, 2.45) is 0 Å². The van der Waals surface area contributed by atoms with Crippen molar-refractivity contribution in [2.75, 3.05) is 25.1 Å². The summed E-state index contributed by atoms with van der Waals surface area (Å²) in [5.41, 5.74) is 1.86. The predicted molar refractivity (Wildman–Crippen MR) is 85.1 cm³/mol. The molecular formula is C16H18ClN3O. The van der Waals surface area contributed by atoms with E-state index >= 15 is 0 Å². The smallest absolute Gasteiger partial charge is 0.224 e. The Kier molecular flexibility index (Phi) is 4.25. The lowest BCUT2D eigenvalue weighted by Crippen LogP contribution is -2.30. The molecule has 0 spiro atoms. The van der Waals surface area contributed by atoms with Gasteiger partial charge in [-0.3, -0.25) is 0 Å². The number of rotatable bonds is 3. The first kappa shape index (κ1) is 14.1. The summed E-state index contributed by atoms with van der Waals surface area (Å²) in [6, 6.07) is 9.83. The summed E-state index contributed by atoms with van der Waals surface area (Å²) in [5.74, 6) is 1.75.